The van der Waals surface area contributed by atoms with Crippen LogP contribution in [0.2, 0.25) is 0 Å². The highest BCUT2D eigenvalue weighted by atomic mass is 127. The van der Waals surface area contributed by atoms with E-state index in [9.17, 15) is 8.42 Å². The molecule has 1 saturated heterocycles. The second kappa shape index (κ2) is 8.31. The fraction of sp³-hybridized carbons (Fsp3) is 0.733. The average Bonchev–Trinajstić information content (AvgIpc) is 2.76. The molecule has 138 valence electrons. The van der Waals surface area contributed by atoms with Gasteiger partial charge >= 0.3 is 0 Å². The van der Waals surface area contributed by atoms with E-state index in [2.05, 4.69) is 15.3 Å². The van der Waals surface area contributed by atoms with Crippen LogP contribution in [0.25, 0.3) is 0 Å². The normalized spacial score (nSPS) is 19.7. The van der Waals surface area contributed by atoms with Gasteiger partial charge in [-0.3, -0.25) is 4.99 Å². The molecule has 1 aliphatic heterocycles. The van der Waals surface area contributed by atoms with Crippen LogP contribution in [-0.2, 0) is 16.3 Å². The second-order valence-corrected chi connectivity index (χ2v) is 10.5. The van der Waals surface area contributed by atoms with Gasteiger partial charge in [-0.05, 0) is 27.7 Å². The number of hydrogen-bond donors (Lipinski definition) is 1. The largest absolute Gasteiger partial charge is 0.356 e. The number of rotatable bonds is 3. The predicted molar refractivity (Wildman–Crippen MR) is 112 cm³/mol. The zero-order valence-electron chi connectivity index (χ0n) is 14.9. The SMILES string of the molecule is CN=C(NCCc1sc(C)nc1C)N1CCS(=O)(=O)C(C)(C)C1.I. The lowest BCUT2D eigenvalue weighted by Gasteiger charge is -2.39. The summed E-state index contributed by atoms with van der Waals surface area (Å²) in [6, 6.07) is 0. The maximum absolute atomic E-state index is 12.1. The molecule has 1 aromatic heterocycles. The molecule has 0 bridgehead atoms. The van der Waals surface area contributed by atoms with E-state index in [0.29, 0.717) is 13.1 Å². The molecule has 6 nitrogen and oxygen atoms in total. The Bertz CT molecular complexity index is 698. The second-order valence-electron chi connectivity index (χ2n) is 6.47. The summed E-state index contributed by atoms with van der Waals surface area (Å²) >= 11 is 1.72. The maximum Gasteiger partial charge on any atom is 0.193 e. The van der Waals surface area contributed by atoms with Gasteiger partial charge in [0.1, 0.15) is 0 Å². The first kappa shape index (κ1) is 21.6. The Morgan fingerprint density at radius 3 is 2.58 bits per heavy atom. The van der Waals surface area contributed by atoms with Crippen LogP contribution < -0.4 is 5.32 Å². The molecule has 1 aromatic rings. The molecule has 0 atom stereocenters. The van der Waals surface area contributed by atoms with Gasteiger partial charge in [0.25, 0.3) is 0 Å². The molecule has 0 saturated carbocycles. The topological polar surface area (TPSA) is 74.7 Å². The minimum absolute atomic E-state index is 0. The van der Waals surface area contributed by atoms with Gasteiger partial charge in [0.2, 0.25) is 0 Å². The summed E-state index contributed by atoms with van der Waals surface area (Å²) in [6.45, 7) is 9.34. The lowest BCUT2D eigenvalue weighted by Crippen LogP contribution is -2.57. The lowest BCUT2D eigenvalue weighted by atomic mass is 10.2. The summed E-state index contributed by atoms with van der Waals surface area (Å²) in [5.74, 6) is 0.945. The summed E-state index contributed by atoms with van der Waals surface area (Å²) in [7, 11) is -1.30. The Hall–Kier alpha value is -0.420. The number of sulfone groups is 1. The van der Waals surface area contributed by atoms with E-state index in [-0.39, 0.29) is 29.7 Å². The summed E-state index contributed by atoms with van der Waals surface area (Å²) in [5, 5.41) is 4.44. The molecule has 0 spiro atoms. The van der Waals surface area contributed by atoms with Crippen molar-refractivity contribution in [3.05, 3.63) is 15.6 Å². The third kappa shape index (κ3) is 4.81. The predicted octanol–water partition coefficient (Wildman–Crippen LogP) is 2.00. The zero-order chi connectivity index (χ0) is 17.3. The first-order valence-electron chi connectivity index (χ1n) is 7.77. The van der Waals surface area contributed by atoms with Gasteiger partial charge in [-0.15, -0.1) is 35.3 Å². The van der Waals surface area contributed by atoms with Crippen molar-refractivity contribution >= 4 is 51.1 Å². The first-order chi connectivity index (χ1) is 10.7. The highest BCUT2D eigenvalue weighted by molar-refractivity contribution is 14.0. The van der Waals surface area contributed by atoms with Crippen molar-refractivity contribution in [2.45, 2.75) is 38.9 Å². The van der Waals surface area contributed by atoms with Crippen LogP contribution in [0.3, 0.4) is 0 Å². The van der Waals surface area contributed by atoms with E-state index in [1.54, 1.807) is 32.2 Å². The molecule has 24 heavy (non-hydrogen) atoms. The maximum atomic E-state index is 12.1. The Labute approximate surface area is 166 Å². The van der Waals surface area contributed by atoms with Gasteiger partial charge in [-0.1, -0.05) is 0 Å². The molecule has 0 unspecified atom stereocenters. The van der Waals surface area contributed by atoms with E-state index in [0.717, 1.165) is 29.6 Å². The first-order valence-corrected chi connectivity index (χ1v) is 10.2. The minimum Gasteiger partial charge on any atom is -0.356 e. The lowest BCUT2D eigenvalue weighted by molar-refractivity contribution is 0.353. The van der Waals surface area contributed by atoms with Gasteiger partial charge in [0.05, 0.1) is 21.2 Å². The summed E-state index contributed by atoms with van der Waals surface area (Å²) < 4.78 is 23.5. The fourth-order valence-corrected chi connectivity index (χ4v) is 5.05. The number of hydrogen-bond acceptors (Lipinski definition) is 5. The van der Waals surface area contributed by atoms with Crippen LogP contribution in [0.15, 0.2) is 4.99 Å². The van der Waals surface area contributed by atoms with E-state index < -0.39 is 14.6 Å². The van der Waals surface area contributed by atoms with Crippen LogP contribution >= 0.6 is 35.3 Å². The molecule has 1 fully saturated rings. The average molecular weight is 486 g/mol. The van der Waals surface area contributed by atoms with Crippen LogP contribution in [0, 0.1) is 13.8 Å². The van der Waals surface area contributed by atoms with Crippen LogP contribution in [0.4, 0.5) is 0 Å². The Kier molecular flexibility index (Phi) is 7.48. The Morgan fingerprint density at radius 1 is 1.42 bits per heavy atom. The molecule has 2 rings (SSSR count). The molecule has 0 amide bonds. The summed E-state index contributed by atoms with van der Waals surface area (Å²) in [4.78, 5) is 12.1. The van der Waals surface area contributed by atoms with Crippen LogP contribution in [0.5, 0.6) is 0 Å². The van der Waals surface area contributed by atoms with E-state index in [1.807, 2.05) is 18.7 Å². The van der Waals surface area contributed by atoms with Crippen molar-refractivity contribution in [1.82, 2.24) is 15.2 Å². The molecular formula is C15H27IN4O2S2. The molecule has 1 N–H and O–H groups in total. The molecule has 0 radical (unpaired) electrons. The van der Waals surface area contributed by atoms with Crippen molar-refractivity contribution in [3.8, 4) is 0 Å². The van der Waals surface area contributed by atoms with Gasteiger partial charge < -0.3 is 10.2 Å². The van der Waals surface area contributed by atoms with Gasteiger partial charge in [-0.2, -0.15) is 0 Å². The quantitative estimate of drug-likeness (QED) is 0.402. The smallest absolute Gasteiger partial charge is 0.193 e. The zero-order valence-corrected chi connectivity index (χ0v) is 18.9. The van der Waals surface area contributed by atoms with E-state index in [4.69, 9.17) is 0 Å². The van der Waals surface area contributed by atoms with Crippen LogP contribution in [0.1, 0.15) is 29.4 Å². The van der Waals surface area contributed by atoms with Crippen molar-refractivity contribution < 1.29 is 8.42 Å². The summed E-state index contributed by atoms with van der Waals surface area (Å²) in [6.07, 6.45) is 0.895. The van der Waals surface area contributed by atoms with Crippen molar-refractivity contribution in [2.75, 3.05) is 32.4 Å². The molecule has 0 aromatic carbocycles. The van der Waals surface area contributed by atoms with E-state index >= 15 is 0 Å². The van der Waals surface area contributed by atoms with Crippen molar-refractivity contribution in [3.63, 3.8) is 0 Å². The number of aromatic nitrogens is 1. The van der Waals surface area contributed by atoms with Gasteiger partial charge in [0, 0.05) is 38.0 Å². The number of guanidine groups is 1. The number of aliphatic imine (C=N–C) groups is 1. The number of aryl methyl sites for hydroxylation is 2. The Balaban J connectivity index is 0.00000288. The molecule has 2 heterocycles. The van der Waals surface area contributed by atoms with Crippen LogP contribution in [-0.4, -0.2) is 61.4 Å². The molecular weight excluding hydrogens is 459 g/mol. The number of halogens is 1. The molecule has 1 aliphatic rings. The van der Waals surface area contributed by atoms with Gasteiger partial charge in [-0.25, -0.2) is 13.4 Å². The van der Waals surface area contributed by atoms with E-state index in [1.165, 1.54) is 4.88 Å². The third-order valence-electron chi connectivity index (χ3n) is 4.19. The molecule has 0 aliphatic carbocycles. The summed E-state index contributed by atoms with van der Waals surface area (Å²) in [5.41, 5.74) is 1.09. The van der Waals surface area contributed by atoms with Gasteiger partial charge in [0.15, 0.2) is 15.8 Å². The third-order valence-corrected chi connectivity index (χ3v) is 7.86. The standard InChI is InChI=1S/C15H26N4O2S2.HI/c1-11-13(22-12(2)18-11)6-7-17-14(16-5)19-8-9-23(20,21)15(3,4)10-19;/h6-10H2,1-5H3,(H,16,17);1H. The minimum atomic E-state index is -3.03. The van der Waals surface area contributed by atoms with Crippen molar-refractivity contribution in [2.24, 2.45) is 4.99 Å². The highest BCUT2D eigenvalue weighted by Crippen LogP contribution is 2.23. The number of nitrogens with zero attached hydrogens (tertiary/aromatic N) is 3. The number of nitrogens with one attached hydrogen (secondary N) is 1. The molecule has 9 heteroatoms. The fourth-order valence-electron chi connectivity index (χ4n) is 2.75. The number of thiazole rings is 1. The van der Waals surface area contributed by atoms with Crippen molar-refractivity contribution in [1.29, 1.82) is 0 Å². The monoisotopic (exact) mass is 486 g/mol. The Morgan fingerprint density at radius 2 is 2.08 bits per heavy atom. The highest BCUT2D eigenvalue weighted by Gasteiger charge is 2.40.